The summed E-state index contributed by atoms with van der Waals surface area (Å²) in [5.74, 6) is 0.385. The summed E-state index contributed by atoms with van der Waals surface area (Å²) in [7, 11) is 0. The van der Waals surface area contributed by atoms with Crippen LogP contribution in [0.15, 0.2) is 60.1 Å². The second-order valence-electron chi connectivity index (χ2n) is 6.06. The van der Waals surface area contributed by atoms with Crippen LogP contribution in [0.3, 0.4) is 0 Å². The van der Waals surface area contributed by atoms with Crippen LogP contribution in [-0.4, -0.2) is 25.9 Å². The van der Waals surface area contributed by atoms with Crippen molar-refractivity contribution in [2.75, 3.05) is 5.73 Å². The molecule has 0 amide bonds. The van der Waals surface area contributed by atoms with Gasteiger partial charge in [0.15, 0.2) is 0 Å². The van der Waals surface area contributed by atoms with Gasteiger partial charge in [0.25, 0.3) is 0 Å². The van der Waals surface area contributed by atoms with Gasteiger partial charge in [-0.2, -0.15) is 0 Å². The molecule has 6 heteroatoms. The highest BCUT2D eigenvalue weighted by Gasteiger charge is 2.28. The van der Waals surface area contributed by atoms with E-state index in [0.29, 0.717) is 12.1 Å². The van der Waals surface area contributed by atoms with Gasteiger partial charge in [-0.25, -0.2) is 9.97 Å². The molecule has 1 atom stereocenters. The van der Waals surface area contributed by atoms with Crippen molar-refractivity contribution < 1.29 is 5.21 Å². The first-order valence-corrected chi connectivity index (χ1v) is 8.08. The number of nitrogens with zero attached hydrogens (tertiary/aromatic N) is 4. The van der Waals surface area contributed by atoms with Gasteiger partial charge in [-0.05, 0) is 41.2 Å². The molecule has 1 aromatic carbocycles. The number of fused-ring (bicyclic) bond motifs is 1. The Hall–Kier alpha value is -3.28. The summed E-state index contributed by atoms with van der Waals surface area (Å²) < 4.78 is 0. The van der Waals surface area contributed by atoms with Crippen LogP contribution in [0.4, 0.5) is 5.95 Å². The van der Waals surface area contributed by atoms with Crippen LogP contribution in [0.5, 0.6) is 0 Å². The number of hydrogen-bond acceptors (Lipinski definition) is 6. The Morgan fingerprint density at radius 2 is 1.84 bits per heavy atom. The lowest BCUT2D eigenvalue weighted by Gasteiger charge is -2.26. The molecule has 6 nitrogen and oxygen atoms in total. The molecule has 124 valence electrons. The van der Waals surface area contributed by atoms with E-state index >= 15 is 0 Å². The maximum absolute atomic E-state index is 9.45. The Morgan fingerprint density at radius 3 is 2.64 bits per heavy atom. The second kappa shape index (κ2) is 6.32. The number of hydrogen-bond donors (Lipinski definition) is 2. The van der Waals surface area contributed by atoms with Crippen molar-refractivity contribution in [1.29, 1.82) is 0 Å². The van der Waals surface area contributed by atoms with Gasteiger partial charge in [0.05, 0.1) is 11.4 Å². The minimum atomic E-state index is 0.150. The number of benzene rings is 1. The highest BCUT2D eigenvalue weighted by Crippen LogP contribution is 2.37. The molecule has 0 bridgehead atoms. The maximum atomic E-state index is 9.45. The molecule has 0 saturated heterocycles. The number of anilines is 1. The lowest BCUT2D eigenvalue weighted by Crippen LogP contribution is -2.22. The second-order valence-corrected chi connectivity index (χ2v) is 6.06. The molecule has 25 heavy (non-hydrogen) atoms. The molecule has 4 rings (SSSR count). The third-order valence-corrected chi connectivity index (χ3v) is 4.59. The Bertz CT molecular complexity index is 940. The molecule has 1 aliphatic carbocycles. The zero-order valence-electron chi connectivity index (χ0n) is 13.5. The first-order valence-electron chi connectivity index (χ1n) is 8.08. The molecule has 1 unspecified atom stereocenters. The van der Waals surface area contributed by atoms with Gasteiger partial charge in [-0.3, -0.25) is 4.98 Å². The van der Waals surface area contributed by atoms with E-state index in [1.54, 1.807) is 18.6 Å². The summed E-state index contributed by atoms with van der Waals surface area (Å²) >= 11 is 0. The topological polar surface area (TPSA) is 97.3 Å². The van der Waals surface area contributed by atoms with Gasteiger partial charge in [0.2, 0.25) is 5.95 Å². The van der Waals surface area contributed by atoms with E-state index in [4.69, 9.17) is 5.73 Å². The average Bonchev–Trinajstić information content (AvgIpc) is 2.67. The maximum Gasteiger partial charge on any atom is 0.220 e. The van der Waals surface area contributed by atoms with E-state index < -0.39 is 0 Å². The Morgan fingerprint density at radius 1 is 1.04 bits per heavy atom. The van der Waals surface area contributed by atoms with Crippen LogP contribution in [0.2, 0.25) is 0 Å². The third-order valence-electron chi connectivity index (χ3n) is 4.59. The molecule has 0 saturated carbocycles. The Labute approximate surface area is 145 Å². The summed E-state index contributed by atoms with van der Waals surface area (Å²) in [5.41, 5.74) is 11.4. The lowest BCUT2D eigenvalue weighted by molar-refractivity contribution is 0.316. The largest absolute Gasteiger partial charge is 0.411 e. The van der Waals surface area contributed by atoms with Crippen LogP contribution < -0.4 is 5.73 Å². The average molecular weight is 331 g/mol. The number of oxime groups is 1. The fourth-order valence-electron chi connectivity index (χ4n) is 3.44. The summed E-state index contributed by atoms with van der Waals surface area (Å²) in [6.07, 6.45) is 6.56. The normalized spacial score (nSPS) is 18.1. The van der Waals surface area contributed by atoms with E-state index in [-0.39, 0.29) is 11.9 Å². The summed E-state index contributed by atoms with van der Waals surface area (Å²) in [6.45, 7) is 0. The molecular weight excluding hydrogens is 314 g/mol. The number of rotatable bonds is 2. The highest BCUT2D eigenvalue weighted by atomic mass is 16.4. The molecular formula is C19H17N5O. The van der Waals surface area contributed by atoms with Crippen molar-refractivity contribution in [1.82, 2.24) is 15.0 Å². The molecule has 0 spiro atoms. The van der Waals surface area contributed by atoms with E-state index in [9.17, 15) is 5.21 Å². The van der Waals surface area contributed by atoms with E-state index in [0.717, 1.165) is 28.8 Å². The van der Waals surface area contributed by atoms with Crippen molar-refractivity contribution >= 4 is 11.7 Å². The fourth-order valence-corrected chi connectivity index (χ4v) is 3.44. The van der Waals surface area contributed by atoms with Gasteiger partial charge < -0.3 is 10.9 Å². The van der Waals surface area contributed by atoms with E-state index in [2.05, 4.69) is 32.2 Å². The SMILES string of the molecule is Nc1ncc2c(n1)CC(c1ccccc1-c1ccncc1)C/C2=N\O. The Kier molecular flexibility index (Phi) is 3.85. The van der Waals surface area contributed by atoms with Gasteiger partial charge in [0.1, 0.15) is 0 Å². The van der Waals surface area contributed by atoms with Crippen molar-refractivity contribution in [3.8, 4) is 11.1 Å². The molecule has 0 aliphatic heterocycles. The monoisotopic (exact) mass is 331 g/mol. The van der Waals surface area contributed by atoms with Crippen LogP contribution in [0, 0.1) is 0 Å². The standard InChI is InChI=1S/C19H17N5O/c20-19-22-11-16-17(23-19)9-13(10-18(16)24-25)15-4-2-1-3-14(15)12-5-7-21-8-6-12/h1-8,11,13,25H,9-10H2,(H2,20,22,23)/b24-18+. The number of aromatic nitrogens is 3. The molecule has 3 aromatic rings. The molecule has 2 heterocycles. The van der Waals surface area contributed by atoms with Crippen molar-refractivity contribution in [3.05, 3.63) is 71.8 Å². The summed E-state index contributed by atoms with van der Waals surface area (Å²) in [4.78, 5) is 12.5. The molecule has 0 fully saturated rings. The first-order chi connectivity index (χ1) is 12.3. The van der Waals surface area contributed by atoms with Crippen LogP contribution >= 0.6 is 0 Å². The van der Waals surface area contributed by atoms with E-state index in [1.807, 2.05) is 24.3 Å². The van der Waals surface area contributed by atoms with Gasteiger partial charge in [-0.15, -0.1) is 0 Å². The van der Waals surface area contributed by atoms with Crippen LogP contribution in [0.25, 0.3) is 11.1 Å². The number of nitrogens with two attached hydrogens (primary N) is 1. The van der Waals surface area contributed by atoms with Crippen molar-refractivity contribution in [2.24, 2.45) is 5.16 Å². The van der Waals surface area contributed by atoms with Gasteiger partial charge in [0, 0.05) is 30.6 Å². The predicted octanol–water partition coefficient (Wildman–Crippen LogP) is 3.03. The Balaban J connectivity index is 1.79. The van der Waals surface area contributed by atoms with Gasteiger partial charge >= 0.3 is 0 Å². The summed E-state index contributed by atoms with van der Waals surface area (Å²) in [6, 6.07) is 12.3. The van der Waals surface area contributed by atoms with Crippen LogP contribution in [0.1, 0.15) is 29.2 Å². The highest BCUT2D eigenvalue weighted by molar-refractivity contribution is 6.02. The smallest absolute Gasteiger partial charge is 0.220 e. The molecule has 3 N–H and O–H groups in total. The fraction of sp³-hybridized carbons (Fsp3) is 0.158. The zero-order chi connectivity index (χ0) is 17.2. The van der Waals surface area contributed by atoms with Gasteiger partial charge in [-0.1, -0.05) is 29.4 Å². The number of nitrogen functional groups attached to an aromatic ring is 1. The van der Waals surface area contributed by atoms with E-state index in [1.165, 1.54) is 5.56 Å². The predicted molar refractivity (Wildman–Crippen MR) is 95.5 cm³/mol. The number of pyridine rings is 1. The minimum Gasteiger partial charge on any atom is -0.411 e. The third kappa shape index (κ3) is 2.82. The molecule has 1 aliphatic rings. The molecule has 0 radical (unpaired) electrons. The lowest BCUT2D eigenvalue weighted by atomic mass is 9.79. The van der Waals surface area contributed by atoms with Crippen molar-refractivity contribution in [2.45, 2.75) is 18.8 Å². The first kappa shape index (κ1) is 15.3. The minimum absolute atomic E-state index is 0.150. The zero-order valence-corrected chi connectivity index (χ0v) is 13.5. The quantitative estimate of drug-likeness (QED) is 0.555. The van der Waals surface area contributed by atoms with Crippen molar-refractivity contribution in [3.63, 3.8) is 0 Å². The van der Waals surface area contributed by atoms with Crippen LogP contribution in [-0.2, 0) is 6.42 Å². The summed E-state index contributed by atoms with van der Waals surface area (Å²) in [5, 5.41) is 12.9. The molecule has 2 aromatic heterocycles.